The van der Waals surface area contributed by atoms with Gasteiger partial charge in [0.1, 0.15) is 12.6 Å². The minimum atomic E-state index is -5.89. The van der Waals surface area contributed by atoms with E-state index in [1.807, 2.05) is 0 Å². The molecule has 0 saturated carbocycles. The van der Waals surface area contributed by atoms with Crippen LogP contribution in [0.3, 0.4) is 0 Å². The average Bonchev–Trinajstić information content (AvgIpc) is 2.58. The number of hydrogen-bond acceptors (Lipinski definition) is 14. The predicted molar refractivity (Wildman–Crippen MR) is 70.7 cm³/mol. The quantitative estimate of drug-likeness (QED) is 0.130. The normalized spacial score (nSPS) is 10.8. The van der Waals surface area contributed by atoms with Crippen molar-refractivity contribution in [3.05, 3.63) is 0 Å². The summed E-state index contributed by atoms with van der Waals surface area (Å²) in [5.41, 5.74) is -7.15. The summed E-state index contributed by atoms with van der Waals surface area (Å²) in [5.74, 6) is 0. The first-order valence-electron chi connectivity index (χ1n) is 5.74. The third kappa shape index (κ3) is 21.8. The summed E-state index contributed by atoms with van der Waals surface area (Å²) in [6, 6.07) is 0. The Morgan fingerprint density at radius 3 is 0.781 bits per heavy atom. The van der Waals surface area contributed by atoms with Crippen LogP contribution < -0.4 is 120 Å². The van der Waals surface area contributed by atoms with E-state index in [-0.39, 0.29) is 94.3 Å². The van der Waals surface area contributed by atoms with E-state index in [0.29, 0.717) is 0 Å². The number of carbonyl (C=O) groups is 2. The van der Waals surface area contributed by atoms with Gasteiger partial charge in [-0.1, -0.05) is 0 Å². The predicted octanol–water partition coefficient (Wildman–Crippen LogP) is -18.5. The van der Waals surface area contributed by atoms with Gasteiger partial charge in [0.15, 0.2) is 0 Å². The van der Waals surface area contributed by atoms with Crippen molar-refractivity contribution in [2.75, 3.05) is 28.4 Å². The molecule has 0 aromatic carbocycles. The van der Waals surface area contributed by atoms with Crippen molar-refractivity contribution < 1.29 is 169 Å². The zero-order chi connectivity index (χ0) is 22.7. The van der Waals surface area contributed by atoms with Crippen LogP contribution >= 0.6 is 23.2 Å². The molecule has 0 saturated heterocycles. The fraction of sp³-hybridized carbons (Fsp3) is 0.750. The van der Waals surface area contributed by atoms with Crippen molar-refractivity contribution in [2.45, 2.75) is 11.1 Å². The molecule has 0 aliphatic heterocycles. The summed E-state index contributed by atoms with van der Waals surface area (Å²) in [5, 5.41) is 42.1. The molecule has 0 radical (unpaired) electrons. The molecule has 0 N–H and O–H groups in total. The summed E-state index contributed by atoms with van der Waals surface area (Å²) in [6.45, 7) is 0. The molecule has 14 nitrogen and oxygen atoms in total. The minimum Gasteiger partial charge on any atom is -0.849 e. The van der Waals surface area contributed by atoms with Crippen LogP contribution in [-0.2, 0) is 41.4 Å². The smallest absolute Gasteiger partial charge is 0.849 e. The van der Waals surface area contributed by atoms with Gasteiger partial charge in [0.2, 0.25) is 0 Å². The molecule has 0 fully saturated rings. The zero-order valence-electron chi connectivity index (χ0n) is 19.0. The van der Waals surface area contributed by atoms with Crippen LogP contribution in [0.1, 0.15) is 0 Å². The van der Waals surface area contributed by atoms with Gasteiger partial charge in [0.25, 0.3) is 0 Å². The largest absolute Gasteiger partial charge is 1.00 e. The molecule has 0 aliphatic carbocycles. The van der Waals surface area contributed by atoms with Gasteiger partial charge in [0.05, 0.1) is 0 Å². The van der Waals surface area contributed by atoms with Crippen molar-refractivity contribution in [2.24, 2.45) is 0 Å². The Morgan fingerprint density at radius 1 is 0.625 bits per heavy atom. The first-order valence-corrected chi connectivity index (χ1v) is 10.2. The molecule has 0 rings (SSSR count). The molecule has 0 heterocycles. The van der Waals surface area contributed by atoms with Crippen LogP contribution in [-0.4, -0.2) is 52.1 Å². The van der Waals surface area contributed by atoms with Crippen molar-refractivity contribution in [1.82, 2.24) is 0 Å². The Bertz CT molecular complexity index is 555. The first-order chi connectivity index (χ1) is 11.9. The minimum absolute atomic E-state index is 0. The molecule has 0 aromatic rings. The fourth-order valence-corrected chi connectivity index (χ4v) is 2.36. The fourth-order valence-electron chi connectivity index (χ4n) is 0.787. The third-order valence-corrected chi connectivity index (χ3v) is 5.68. The van der Waals surface area contributed by atoms with Gasteiger partial charge in [-0.05, 0) is 11.1 Å². The molecule has 0 spiro atoms. The Hall–Kier alpha value is 2.52. The van der Waals surface area contributed by atoms with Crippen molar-refractivity contribution in [3.63, 3.8) is 0 Å². The summed E-state index contributed by atoms with van der Waals surface area (Å²) in [6.07, 6.45) is -1.08. The van der Waals surface area contributed by atoms with Crippen LogP contribution in [0.25, 0.3) is 0 Å². The Morgan fingerprint density at radius 2 is 0.750 bits per heavy atom. The van der Waals surface area contributed by atoms with E-state index >= 15 is 0 Å². The average molecular weight is 500 g/mol. The van der Waals surface area contributed by atoms with Gasteiger partial charge in [0, 0.05) is 28.4 Å². The molecule has 0 amide bonds. The number of carbonyl (C=O) groups excluding carboxylic acids is 2. The topological polar surface area (TPSA) is 238 Å². The Labute approximate surface area is 242 Å². The molecule has 0 aliphatic rings. The summed E-state index contributed by atoms with van der Waals surface area (Å²) < 4.78 is 66.3. The van der Waals surface area contributed by atoms with Crippen LogP contribution in [0.15, 0.2) is 0 Å². The van der Waals surface area contributed by atoms with E-state index in [0.717, 1.165) is 28.4 Å². The Kier molecular flexibility index (Phi) is 41.2. The second-order valence-electron chi connectivity index (χ2n) is 3.64. The van der Waals surface area contributed by atoms with E-state index in [1.54, 1.807) is 0 Å². The van der Waals surface area contributed by atoms with E-state index in [2.05, 4.69) is 18.1 Å². The van der Waals surface area contributed by atoms with Gasteiger partial charge in [-0.2, -0.15) is 8.39 Å². The van der Waals surface area contributed by atoms with E-state index in [9.17, 15) is 47.5 Å². The number of aldehydes is 2. The molecule has 0 atom stereocenters. The van der Waals surface area contributed by atoms with Crippen molar-refractivity contribution in [1.29, 1.82) is 0 Å². The second-order valence-corrected chi connectivity index (χ2v) is 9.16. The molecular formula is C8H14F2Li5O14P3. The summed E-state index contributed by atoms with van der Waals surface area (Å²) in [7, 11) is -11.2. The maximum absolute atomic E-state index is 10.9. The van der Waals surface area contributed by atoms with E-state index < -0.39 is 46.8 Å². The summed E-state index contributed by atoms with van der Waals surface area (Å²) in [4.78, 5) is 28.0. The molecule has 164 valence electrons. The first kappa shape index (κ1) is 55.1. The summed E-state index contributed by atoms with van der Waals surface area (Å²) >= 11 is 0. The van der Waals surface area contributed by atoms with Gasteiger partial charge < -0.3 is 53.0 Å². The van der Waals surface area contributed by atoms with E-state index in [1.165, 1.54) is 0 Å². The number of halogens is 2. The number of hydrogen-bond donors (Lipinski definition) is 0. The monoisotopic (exact) mass is 500 g/mol. The van der Waals surface area contributed by atoms with Crippen molar-refractivity contribution >= 4 is 35.8 Å². The maximum atomic E-state index is 10.9. The van der Waals surface area contributed by atoms with Gasteiger partial charge in [-0.25, -0.2) is 0 Å². The molecule has 0 unspecified atom stereocenters. The van der Waals surface area contributed by atoms with Crippen LogP contribution in [0.5, 0.6) is 0 Å². The molecule has 32 heavy (non-hydrogen) atoms. The zero-order valence-corrected chi connectivity index (χ0v) is 21.7. The third-order valence-electron chi connectivity index (χ3n) is 2.02. The molecule has 24 heteroatoms. The van der Waals surface area contributed by atoms with Crippen LogP contribution in [0.2, 0.25) is 0 Å². The van der Waals surface area contributed by atoms with Crippen LogP contribution in [0.4, 0.5) is 8.39 Å². The molecule has 0 bridgehead atoms. The standard InChI is InChI=1S/2C4H7O6P.F2HO2P.5Li/c2*1-9-11(8,10-2)4(6,7)3-5;1-5(2,3)4;;;;;/h2*3H,1-2H3;(H,3,4);;;;;/q2*-2;;5*+1/p-1. The Balaban J connectivity index is -0.0000000440. The maximum Gasteiger partial charge on any atom is 1.00 e. The van der Waals surface area contributed by atoms with Gasteiger partial charge in [-0.15, -0.1) is 0 Å². The van der Waals surface area contributed by atoms with Gasteiger partial charge >= 0.3 is 117 Å². The van der Waals surface area contributed by atoms with Gasteiger partial charge in [-0.3, -0.25) is 13.7 Å². The molecule has 0 aromatic heterocycles. The van der Waals surface area contributed by atoms with Crippen molar-refractivity contribution in [3.8, 4) is 0 Å². The SMILES string of the molecule is COP(=O)(OC)C([O-])([O-])C=O.COP(=O)(OC)C([O-])([O-])C=O.O=P([O-])(F)F.[Li+].[Li+].[Li+].[Li+].[Li+]. The molecular weight excluding hydrogens is 486 g/mol. The number of rotatable bonds is 8. The second kappa shape index (κ2) is 23.9. The van der Waals surface area contributed by atoms with Crippen LogP contribution in [0, 0.1) is 0 Å². The van der Waals surface area contributed by atoms with E-state index in [4.69, 9.17) is 9.46 Å².